The van der Waals surface area contributed by atoms with Crippen LogP contribution in [0.1, 0.15) is 23.3 Å². The van der Waals surface area contributed by atoms with Crippen molar-refractivity contribution < 1.29 is 27.7 Å². The molecule has 0 saturated heterocycles. The van der Waals surface area contributed by atoms with Gasteiger partial charge >= 0.3 is 0 Å². The zero-order valence-corrected chi connectivity index (χ0v) is 23.0. The standard InChI is InChI=1S/C42H26N2O/c1-2-10-29(11-3-1)43-37-15-7-4-12-31(37)35-24-27(18-22-39(35)43)28-19-23-40-36(25-28)32-13-5-8-16-38(32)44(40)30-20-21-34-33-14-6-9-17-41(33)45-42(34)26-30/h1-26H/i1D,4D,5D,7D,8D,10D,11D,12D,13D,15D,16D,18D,19D,22D,23D,24D,25D. The van der Waals surface area contributed by atoms with Gasteiger partial charge in [0.05, 0.1) is 45.4 Å². The van der Waals surface area contributed by atoms with E-state index in [1.165, 1.54) is 4.57 Å². The lowest BCUT2D eigenvalue weighted by molar-refractivity contribution is 0.668. The quantitative estimate of drug-likeness (QED) is 0.200. The van der Waals surface area contributed by atoms with Crippen molar-refractivity contribution in [2.45, 2.75) is 0 Å². The van der Waals surface area contributed by atoms with Crippen molar-refractivity contribution in [2.24, 2.45) is 0 Å². The Hall–Kier alpha value is -6.06. The van der Waals surface area contributed by atoms with E-state index in [1.807, 2.05) is 18.2 Å². The third kappa shape index (κ3) is 3.52. The minimum absolute atomic E-state index is 0.121. The van der Waals surface area contributed by atoms with Crippen LogP contribution in [-0.2, 0) is 0 Å². The highest BCUT2D eigenvalue weighted by Gasteiger charge is 2.17. The summed E-state index contributed by atoms with van der Waals surface area (Å²) in [5.41, 5.74) is -1.00. The molecule has 0 spiro atoms. The number of hydrogen-bond donors (Lipinski definition) is 0. The lowest BCUT2D eigenvalue weighted by Gasteiger charge is -2.09. The Morgan fingerprint density at radius 1 is 0.422 bits per heavy atom. The molecule has 10 rings (SSSR count). The first kappa shape index (κ1) is 13.3. The molecule has 0 aliphatic rings. The molecule has 0 bridgehead atoms. The maximum atomic E-state index is 9.75. The van der Waals surface area contributed by atoms with Crippen molar-refractivity contribution in [3.63, 3.8) is 0 Å². The predicted octanol–water partition coefficient (Wildman–Crippen LogP) is 11.4. The van der Waals surface area contributed by atoms with E-state index in [1.54, 1.807) is 24.3 Å². The molecular formula is C42H26N2O. The van der Waals surface area contributed by atoms with Crippen LogP contribution in [0.25, 0.3) is 88.1 Å². The summed E-state index contributed by atoms with van der Waals surface area (Å²) in [6, 6.07) is 4.49. The van der Waals surface area contributed by atoms with Gasteiger partial charge in [-0.25, -0.2) is 0 Å². The molecule has 3 heteroatoms. The van der Waals surface area contributed by atoms with E-state index in [-0.39, 0.29) is 61.0 Å². The highest BCUT2D eigenvalue weighted by atomic mass is 16.3. The lowest BCUT2D eigenvalue weighted by Crippen LogP contribution is -1.93. The molecule has 0 amide bonds. The maximum Gasteiger partial charge on any atom is 0.137 e. The largest absolute Gasteiger partial charge is 0.456 e. The van der Waals surface area contributed by atoms with Crippen LogP contribution in [-0.4, -0.2) is 9.13 Å². The molecule has 0 aliphatic carbocycles. The maximum absolute atomic E-state index is 9.75. The molecule has 3 aromatic heterocycles. The monoisotopic (exact) mass is 591 g/mol. The van der Waals surface area contributed by atoms with E-state index >= 15 is 0 Å². The van der Waals surface area contributed by atoms with E-state index in [0.29, 0.717) is 11.2 Å². The molecule has 0 atom stereocenters. The Kier molecular flexibility index (Phi) is 2.72. The zero-order chi connectivity index (χ0) is 44.3. The molecule has 10 aromatic rings. The summed E-state index contributed by atoms with van der Waals surface area (Å²) in [5.74, 6) is 0. The summed E-state index contributed by atoms with van der Waals surface area (Å²) in [7, 11) is 0. The van der Waals surface area contributed by atoms with E-state index in [0.717, 1.165) is 27.5 Å². The van der Waals surface area contributed by atoms with Gasteiger partial charge in [0, 0.05) is 49.8 Å². The Morgan fingerprint density at radius 2 is 1.00 bits per heavy atom. The molecular weight excluding hydrogens is 548 g/mol. The van der Waals surface area contributed by atoms with Crippen molar-refractivity contribution >= 4 is 65.6 Å². The first-order chi connectivity index (χ1) is 29.4. The van der Waals surface area contributed by atoms with Crippen molar-refractivity contribution in [3.05, 3.63) is 157 Å². The van der Waals surface area contributed by atoms with E-state index in [2.05, 4.69) is 0 Å². The number of benzene rings is 7. The van der Waals surface area contributed by atoms with Gasteiger partial charge in [0.2, 0.25) is 0 Å². The SMILES string of the molecule is [2H]c1cc([2H])c(-n2c3c([2H])c([2H])c([2H])c([2H])c3c3c([2H])c(-c4c([2H])c([2H])c5c(c4[2H])c4c([2H])c([2H])c([2H])c([2H])c4n5-c4ccc5c(c4)oc4ccccc45)c([2H])c([2H])c32)c([2H])c1. The first-order valence-electron chi connectivity index (χ1n) is 22.5. The lowest BCUT2D eigenvalue weighted by atomic mass is 10.0. The van der Waals surface area contributed by atoms with Crippen molar-refractivity contribution in [2.75, 3.05) is 0 Å². The van der Waals surface area contributed by atoms with Gasteiger partial charge in [0.1, 0.15) is 11.2 Å². The zero-order valence-electron chi connectivity index (χ0n) is 40.0. The summed E-state index contributed by atoms with van der Waals surface area (Å²) in [5, 5.41) is 0.527. The summed E-state index contributed by atoms with van der Waals surface area (Å²) in [6.07, 6.45) is 0. The van der Waals surface area contributed by atoms with Crippen LogP contribution >= 0.6 is 0 Å². The summed E-state index contributed by atoms with van der Waals surface area (Å²) in [6.45, 7) is 0. The average Bonchev–Trinajstić information content (AvgIpc) is 3.91. The molecule has 0 fully saturated rings. The molecule has 0 aliphatic heterocycles. The summed E-state index contributed by atoms with van der Waals surface area (Å²) in [4.78, 5) is 0. The van der Waals surface area contributed by atoms with Crippen LogP contribution < -0.4 is 0 Å². The number of aromatic nitrogens is 2. The molecule has 45 heavy (non-hydrogen) atoms. The van der Waals surface area contributed by atoms with Gasteiger partial charge in [-0.2, -0.15) is 0 Å². The van der Waals surface area contributed by atoms with Crippen LogP contribution in [0, 0.1) is 0 Å². The molecule has 3 heterocycles. The fourth-order valence-electron chi connectivity index (χ4n) is 6.05. The van der Waals surface area contributed by atoms with Crippen LogP contribution in [0.15, 0.2) is 162 Å². The van der Waals surface area contributed by atoms with Gasteiger partial charge < -0.3 is 13.6 Å². The van der Waals surface area contributed by atoms with E-state index in [9.17, 15) is 8.22 Å². The van der Waals surface area contributed by atoms with Crippen LogP contribution in [0.3, 0.4) is 0 Å². The van der Waals surface area contributed by atoms with Crippen LogP contribution in [0.5, 0.6) is 0 Å². The fourth-order valence-corrected chi connectivity index (χ4v) is 6.05. The Labute approximate surface area is 282 Å². The molecule has 0 N–H and O–H groups in total. The Bertz CT molecular complexity index is 3710. The molecule has 0 saturated carbocycles. The topological polar surface area (TPSA) is 23.0 Å². The van der Waals surface area contributed by atoms with Crippen LogP contribution in [0.4, 0.5) is 0 Å². The highest BCUT2D eigenvalue weighted by molar-refractivity contribution is 6.13. The summed E-state index contributed by atoms with van der Waals surface area (Å²) >= 11 is 0. The average molecular weight is 592 g/mol. The van der Waals surface area contributed by atoms with Gasteiger partial charge in [-0.05, 0) is 77.7 Å². The van der Waals surface area contributed by atoms with E-state index < -0.39 is 108 Å². The fraction of sp³-hybridized carbons (Fsp3) is 0. The molecule has 0 unspecified atom stereocenters. The second-order valence-electron chi connectivity index (χ2n) is 10.4. The molecule has 210 valence electrons. The van der Waals surface area contributed by atoms with Gasteiger partial charge in [0.15, 0.2) is 0 Å². The molecule has 0 radical (unpaired) electrons. The van der Waals surface area contributed by atoms with E-state index in [4.69, 9.17) is 19.5 Å². The number of rotatable bonds is 3. The van der Waals surface area contributed by atoms with Crippen molar-refractivity contribution in [1.29, 1.82) is 0 Å². The van der Waals surface area contributed by atoms with Gasteiger partial charge in [-0.1, -0.05) is 84.7 Å². The predicted molar refractivity (Wildman–Crippen MR) is 188 cm³/mol. The molecule has 7 aromatic carbocycles. The van der Waals surface area contributed by atoms with Crippen molar-refractivity contribution in [1.82, 2.24) is 9.13 Å². The summed E-state index contributed by atoms with van der Waals surface area (Å²) < 4.78 is 161. The van der Waals surface area contributed by atoms with Crippen molar-refractivity contribution in [3.8, 4) is 22.5 Å². The molecule has 3 nitrogen and oxygen atoms in total. The van der Waals surface area contributed by atoms with Gasteiger partial charge in [-0.3, -0.25) is 0 Å². The smallest absolute Gasteiger partial charge is 0.137 e. The number of para-hydroxylation sites is 4. The number of nitrogens with zero attached hydrogens (tertiary/aromatic N) is 2. The second-order valence-corrected chi connectivity index (χ2v) is 10.4. The first-order valence-corrected chi connectivity index (χ1v) is 14.0. The minimum Gasteiger partial charge on any atom is -0.456 e. The third-order valence-corrected chi connectivity index (χ3v) is 7.99. The van der Waals surface area contributed by atoms with Crippen LogP contribution in [0.2, 0.25) is 0 Å². The normalized spacial score (nSPS) is 17.3. The van der Waals surface area contributed by atoms with Gasteiger partial charge in [0.25, 0.3) is 0 Å². The highest BCUT2D eigenvalue weighted by Crippen LogP contribution is 2.39. The number of furan rings is 1. The Balaban J connectivity index is 1.38. The number of hydrogen-bond acceptors (Lipinski definition) is 1. The minimum atomic E-state index is -0.765. The number of fused-ring (bicyclic) bond motifs is 9. The Morgan fingerprint density at radius 3 is 1.69 bits per heavy atom. The van der Waals surface area contributed by atoms with Gasteiger partial charge in [-0.15, -0.1) is 0 Å². The second kappa shape index (κ2) is 9.22. The third-order valence-electron chi connectivity index (χ3n) is 7.99.